The fourth-order valence-corrected chi connectivity index (χ4v) is 12.8. The molecule has 0 radical (unpaired) electrons. The van der Waals surface area contributed by atoms with Crippen molar-refractivity contribution in [3.8, 4) is 67.1 Å². The topological polar surface area (TPSA) is 12.5 Å². The molecule has 0 atom stereocenters. The maximum atomic E-state index is 9.31. The van der Waals surface area contributed by atoms with Crippen molar-refractivity contribution in [2.24, 2.45) is 0 Å². The second kappa shape index (κ2) is 18.1. The molecule has 78 heavy (non-hydrogen) atoms. The van der Waals surface area contributed by atoms with Gasteiger partial charge in [0, 0.05) is 16.9 Å². The standard InChI is InChI=1S/C75H60BNO/c1-73(2,3)57-32-21-27-51(43-57)53-38-41-65-69(46-53)78-70-47-54(59-34-22-35-61-60-33-19-20-36-63(60)75(71(59)61,55-28-15-9-16-29-55)56-30-17-10-18-31-56)45-68-72(70)76(65)64-40-37-52(49-23-11-7-12-24-49)44-67(64)77(68)66-42-39-58(74(4,5)6)48-62(66)50-25-13-8-14-26-50/h7-48H,1-6H3/i7D,11D,12D,23D,24D. The molecule has 0 N–H and O–H groups in total. The molecule has 0 fully saturated rings. The Morgan fingerprint density at radius 3 is 1.68 bits per heavy atom. The molecule has 3 heteroatoms. The maximum absolute atomic E-state index is 9.31. The predicted molar refractivity (Wildman–Crippen MR) is 329 cm³/mol. The second-order valence-corrected chi connectivity index (χ2v) is 23.2. The predicted octanol–water partition coefficient (Wildman–Crippen LogP) is 17.7. The monoisotopic (exact) mass is 1010 g/mol. The molecule has 0 bridgehead atoms. The van der Waals surface area contributed by atoms with Crippen molar-refractivity contribution < 1.29 is 11.6 Å². The first-order valence-corrected chi connectivity index (χ1v) is 27.2. The quantitative estimate of drug-likeness (QED) is 0.148. The Morgan fingerprint density at radius 1 is 0.397 bits per heavy atom. The molecule has 14 rings (SSSR count). The van der Waals surface area contributed by atoms with Crippen LogP contribution in [0.2, 0.25) is 0 Å². The van der Waals surface area contributed by atoms with Crippen molar-refractivity contribution in [3.05, 3.63) is 288 Å². The Hall–Kier alpha value is -8.92. The van der Waals surface area contributed by atoms with Crippen LogP contribution in [0.15, 0.2) is 255 Å². The SMILES string of the molecule is [2H]c1c([2H])c([2H])c(-c2ccc3c(c2)N(c2ccc(C(C)(C)C)cc2-c2ccccc2)c2cc(-c4cccc5c4C(c4ccccc4)(c4ccccc4)c4ccccc4-5)cc4c2B3c2ccc(-c3cccc(C(C)(C)C)c3)cc2O4)c([2H])c1[2H]. The molecule has 2 nitrogen and oxygen atoms in total. The summed E-state index contributed by atoms with van der Waals surface area (Å²) >= 11 is 0. The number of ether oxygens (including phenoxy) is 1. The summed E-state index contributed by atoms with van der Waals surface area (Å²) in [4.78, 5) is 2.36. The van der Waals surface area contributed by atoms with E-state index in [0.717, 1.165) is 83.9 Å². The Labute approximate surface area is 467 Å². The molecule has 374 valence electrons. The van der Waals surface area contributed by atoms with E-state index in [2.05, 4.69) is 259 Å². The van der Waals surface area contributed by atoms with Gasteiger partial charge in [0.1, 0.15) is 11.5 Å². The summed E-state index contributed by atoms with van der Waals surface area (Å²) in [6.45, 7) is 13.1. The summed E-state index contributed by atoms with van der Waals surface area (Å²) < 4.78 is 52.4. The Morgan fingerprint density at radius 2 is 0.962 bits per heavy atom. The smallest absolute Gasteiger partial charge is 0.256 e. The molecule has 11 aromatic carbocycles. The van der Waals surface area contributed by atoms with Crippen LogP contribution >= 0.6 is 0 Å². The number of benzene rings is 11. The number of fused-ring (bicyclic) bond motifs is 7. The Balaban J connectivity index is 1.11. The molecule has 1 aliphatic carbocycles. The number of hydrogen-bond donors (Lipinski definition) is 0. The second-order valence-electron chi connectivity index (χ2n) is 23.2. The summed E-state index contributed by atoms with van der Waals surface area (Å²) in [5.41, 5.74) is 21.2. The van der Waals surface area contributed by atoms with Crippen LogP contribution in [0.4, 0.5) is 17.1 Å². The van der Waals surface area contributed by atoms with Crippen LogP contribution in [0.5, 0.6) is 11.5 Å². The van der Waals surface area contributed by atoms with Gasteiger partial charge in [0.25, 0.3) is 6.71 Å². The third-order valence-corrected chi connectivity index (χ3v) is 16.6. The van der Waals surface area contributed by atoms with E-state index in [0.29, 0.717) is 5.56 Å². The van der Waals surface area contributed by atoms with Gasteiger partial charge in [-0.25, -0.2) is 0 Å². The molecule has 2 aliphatic heterocycles. The third kappa shape index (κ3) is 7.54. The molecule has 0 saturated heterocycles. The lowest BCUT2D eigenvalue weighted by Crippen LogP contribution is -2.59. The summed E-state index contributed by atoms with van der Waals surface area (Å²) in [6.07, 6.45) is 0. The van der Waals surface area contributed by atoms with E-state index in [1.165, 1.54) is 38.9 Å². The molecule has 0 aromatic heterocycles. The molecular formula is C75H60BNO. The molecule has 0 saturated carbocycles. The lowest BCUT2D eigenvalue weighted by Gasteiger charge is -2.42. The maximum Gasteiger partial charge on any atom is 0.256 e. The van der Waals surface area contributed by atoms with E-state index in [4.69, 9.17) is 8.85 Å². The van der Waals surface area contributed by atoms with Gasteiger partial charge in [-0.15, -0.1) is 0 Å². The molecular weight excluding hydrogens is 942 g/mol. The van der Waals surface area contributed by atoms with Crippen LogP contribution in [0, 0.1) is 0 Å². The highest BCUT2D eigenvalue weighted by molar-refractivity contribution is 6.99. The van der Waals surface area contributed by atoms with Gasteiger partial charge in [-0.05, 0) is 147 Å². The molecule has 0 amide bonds. The first-order valence-electron chi connectivity index (χ1n) is 29.7. The van der Waals surface area contributed by atoms with E-state index in [1.807, 2.05) is 12.1 Å². The zero-order valence-corrected chi connectivity index (χ0v) is 44.8. The van der Waals surface area contributed by atoms with E-state index < -0.39 is 11.5 Å². The van der Waals surface area contributed by atoms with Crippen molar-refractivity contribution in [2.45, 2.75) is 57.8 Å². The van der Waals surface area contributed by atoms with Crippen LogP contribution in [-0.4, -0.2) is 6.71 Å². The lowest BCUT2D eigenvalue weighted by atomic mass is 9.34. The third-order valence-electron chi connectivity index (χ3n) is 16.6. The van der Waals surface area contributed by atoms with E-state index >= 15 is 0 Å². The number of hydrogen-bond acceptors (Lipinski definition) is 2. The summed E-state index contributed by atoms with van der Waals surface area (Å²) in [5.74, 6) is 1.50. The highest BCUT2D eigenvalue weighted by Gasteiger charge is 2.49. The van der Waals surface area contributed by atoms with Gasteiger partial charge in [-0.3, -0.25) is 0 Å². The lowest BCUT2D eigenvalue weighted by molar-refractivity contribution is 0.488. The minimum absolute atomic E-state index is 0.0524. The minimum atomic E-state index is -0.709. The number of anilines is 3. The largest absolute Gasteiger partial charge is 0.458 e. The summed E-state index contributed by atoms with van der Waals surface area (Å²) in [7, 11) is 0. The highest BCUT2D eigenvalue weighted by Crippen LogP contribution is 2.59. The fraction of sp³-hybridized carbons (Fsp3) is 0.120. The normalized spacial score (nSPS) is 14.6. The van der Waals surface area contributed by atoms with E-state index in [1.54, 1.807) is 0 Å². The van der Waals surface area contributed by atoms with Gasteiger partial charge in [-0.1, -0.05) is 260 Å². The van der Waals surface area contributed by atoms with Crippen molar-refractivity contribution >= 4 is 40.2 Å². The average Bonchev–Trinajstić information content (AvgIpc) is 2.85. The number of rotatable bonds is 7. The van der Waals surface area contributed by atoms with Gasteiger partial charge in [-0.2, -0.15) is 0 Å². The average molecular weight is 1010 g/mol. The van der Waals surface area contributed by atoms with Crippen LogP contribution < -0.4 is 26.0 Å². The molecule has 3 aliphatic rings. The molecule has 0 spiro atoms. The summed E-state index contributed by atoms with van der Waals surface area (Å²) in [5, 5.41) is 0. The van der Waals surface area contributed by atoms with Crippen molar-refractivity contribution in [3.63, 3.8) is 0 Å². The van der Waals surface area contributed by atoms with Crippen molar-refractivity contribution in [1.82, 2.24) is 0 Å². The molecule has 2 heterocycles. The van der Waals surface area contributed by atoms with Crippen molar-refractivity contribution in [1.29, 1.82) is 0 Å². The first-order chi connectivity index (χ1) is 40.0. The zero-order valence-electron chi connectivity index (χ0n) is 49.8. The van der Waals surface area contributed by atoms with Crippen LogP contribution in [0.3, 0.4) is 0 Å². The van der Waals surface area contributed by atoms with Crippen LogP contribution in [0.25, 0.3) is 55.6 Å². The van der Waals surface area contributed by atoms with Crippen LogP contribution in [-0.2, 0) is 16.2 Å². The van der Waals surface area contributed by atoms with Gasteiger partial charge >= 0.3 is 0 Å². The molecule has 0 unspecified atom stereocenters. The van der Waals surface area contributed by atoms with E-state index in [9.17, 15) is 2.74 Å². The van der Waals surface area contributed by atoms with Gasteiger partial charge in [0.15, 0.2) is 0 Å². The highest BCUT2D eigenvalue weighted by atomic mass is 16.5. The number of nitrogens with zero attached hydrogens (tertiary/aromatic N) is 1. The van der Waals surface area contributed by atoms with Gasteiger partial charge in [0.2, 0.25) is 0 Å². The van der Waals surface area contributed by atoms with E-state index in [-0.39, 0.29) is 47.3 Å². The minimum Gasteiger partial charge on any atom is -0.458 e. The Kier molecular flexibility index (Phi) is 9.80. The van der Waals surface area contributed by atoms with Gasteiger partial charge in [0.05, 0.1) is 18.0 Å². The Bertz CT molecular complexity index is 4380. The fourth-order valence-electron chi connectivity index (χ4n) is 12.8. The van der Waals surface area contributed by atoms with Crippen molar-refractivity contribution in [2.75, 3.05) is 4.90 Å². The van der Waals surface area contributed by atoms with Crippen LogP contribution in [0.1, 0.15) is 81.8 Å². The summed E-state index contributed by atoms with van der Waals surface area (Å²) in [6, 6.07) is 79.3. The van der Waals surface area contributed by atoms with Gasteiger partial charge < -0.3 is 9.64 Å². The zero-order chi connectivity index (χ0) is 57.3. The molecule has 11 aromatic rings. The first kappa shape index (κ1) is 42.2.